The Morgan fingerprint density at radius 2 is 1.81 bits per heavy atom. The van der Waals surface area contributed by atoms with Crippen molar-refractivity contribution in [3.63, 3.8) is 0 Å². The van der Waals surface area contributed by atoms with Gasteiger partial charge in [0, 0.05) is 38.8 Å². The molecule has 0 aromatic heterocycles. The number of carboxylic acid groups (broad SMARTS) is 1. The van der Waals surface area contributed by atoms with E-state index in [1.54, 1.807) is 0 Å². The number of carbonyl (C=O) groups is 3. The second kappa shape index (κ2) is 7.11. The van der Waals surface area contributed by atoms with Gasteiger partial charge in [0.2, 0.25) is 5.91 Å². The molecule has 8 heteroatoms. The number of nitrogens with zero attached hydrogens (tertiary/aromatic N) is 3. The number of aliphatic carboxylic acids is 1. The lowest BCUT2D eigenvalue weighted by atomic mass is 9.91. The predicted molar refractivity (Wildman–Crippen MR) is 98.5 cm³/mol. The van der Waals surface area contributed by atoms with E-state index in [9.17, 15) is 19.5 Å². The standard InChI is InChI=1S/C19H23N3O5/c1-12-3-4-13(2)15(11-12)22-16(23)6-5-14(20-22)17(24)21-9-7-19(27,8-10-21)18(25)26/h3-4,11,27H,5-10H2,1-2H3,(H,25,26). The highest BCUT2D eigenvalue weighted by Crippen LogP contribution is 2.27. The molecule has 144 valence electrons. The molecule has 2 aliphatic rings. The number of aliphatic hydroxyl groups is 1. The summed E-state index contributed by atoms with van der Waals surface area (Å²) in [5.74, 6) is -1.75. The van der Waals surface area contributed by atoms with Crippen LogP contribution in [0.2, 0.25) is 0 Å². The number of hydrazone groups is 1. The minimum absolute atomic E-state index is 0.0268. The quantitative estimate of drug-likeness (QED) is 0.828. The number of hydrogen-bond acceptors (Lipinski definition) is 5. The Morgan fingerprint density at radius 3 is 2.44 bits per heavy atom. The zero-order chi connectivity index (χ0) is 19.8. The summed E-state index contributed by atoms with van der Waals surface area (Å²) in [4.78, 5) is 37.8. The Kier molecular flexibility index (Phi) is 5.01. The second-order valence-corrected chi connectivity index (χ2v) is 7.17. The number of benzene rings is 1. The Morgan fingerprint density at radius 1 is 1.15 bits per heavy atom. The van der Waals surface area contributed by atoms with Gasteiger partial charge in [-0.15, -0.1) is 0 Å². The van der Waals surface area contributed by atoms with Crippen molar-refractivity contribution in [3.05, 3.63) is 29.3 Å². The maximum absolute atomic E-state index is 12.8. The average molecular weight is 373 g/mol. The molecule has 8 nitrogen and oxygen atoms in total. The lowest BCUT2D eigenvalue weighted by Gasteiger charge is -2.36. The maximum atomic E-state index is 12.8. The number of aryl methyl sites for hydroxylation is 2. The van der Waals surface area contributed by atoms with Gasteiger partial charge in [-0.2, -0.15) is 5.10 Å². The van der Waals surface area contributed by atoms with E-state index in [-0.39, 0.29) is 56.3 Å². The smallest absolute Gasteiger partial charge is 0.335 e. The topological polar surface area (TPSA) is 111 Å². The molecule has 1 fully saturated rings. The van der Waals surface area contributed by atoms with Crippen LogP contribution in [0.5, 0.6) is 0 Å². The van der Waals surface area contributed by atoms with E-state index in [1.165, 1.54) is 9.91 Å². The Labute approximate surface area is 157 Å². The van der Waals surface area contributed by atoms with Crippen LogP contribution in [0.25, 0.3) is 0 Å². The summed E-state index contributed by atoms with van der Waals surface area (Å²) in [6.07, 6.45) is 0.381. The van der Waals surface area contributed by atoms with Crippen LogP contribution in [-0.2, 0) is 14.4 Å². The fourth-order valence-corrected chi connectivity index (χ4v) is 3.32. The van der Waals surface area contributed by atoms with E-state index in [4.69, 9.17) is 5.11 Å². The van der Waals surface area contributed by atoms with Crippen LogP contribution in [0.4, 0.5) is 5.69 Å². The predicted octanol–water partition coefficient (Wildman–Crippen LogP) is 1.22. The number of piperidine rings is 1. The SMILES string of the molecule is Cc1ccc(C)c(N2N=C(C(=O)N3CCC(O)(C(=O)O)CC3)CCC2=O)c1. The molecule has 1 aromatic rings. The van der Waals surface area contributed by atoms with Crippen LogP contribution in [0.3, 0.4) is 0 Å². The average Bonchev–Trinajstić information content (AvgIpc) is 2.64. The molecule has 0 saturated carbocycles. The van der Waals surface area contributed by atoms with Gasteiger partial charge in [-0.3, -0.25) is 9.59 Å². The molecule has 1 saturated heterocycles. The van der Waals surface area contributed by atoms with Crippen LogP contribution in [0.15, 0.2) is 23.3 Å². The summed E-state index contributed by atoms with van der Waals surface area (Å²) >= 11 is 0. The van der Waals surface area contributed by atoms with E-state index in [0.717, 1.165) is 11.1 Å². The van der Waals surface area contributed by atoms with E-state index in [2.05, 4.69) is 5.10 Å². The monoisotopic (exact) mass is 373 g/mol. The molecule has 0 radical (unpaired) electrons. The molecule has 0 atom stereocenters. The first-order valence-electron chi connectivity index (χ1n) is 8.94. The van der Waals surface area contributed by atoms with Gasteiger partial charge < -0.3 is 15.1 Å². The molecule has 0 spiro atoms. The molecule has 2 amide bonds. The van der Waals surface area contributed by atoms with Crippen LogP contribution >= 0.6 is 0 Å². The van der Waals surface area contributed by atoms with Gasteiger partial charge in [-0.05, 0) is 31.0 Å². The molecule has 2 aliphatic heterocycles. The number of amides is 2. The molecular weight excluding hydrogens is 350 g/mol. The van der Waals surface area contributed by atoms with Crippen LogP contribution in [-0.4, -0.2) is 57.3 Å². The highest BCUT2D eigenvalue weighted by atomic mass is 16.4. The Bertz CT molecular complexity index is 825. The van der Waals surface area contributed by atoms with Crippen LogP contribution in [0, 0.1) is 13.8 Å². The Hall–Kier alpha value is -2.74. The zero-order valence-corrected chi connectivity index (χ0v) is 15.4. The third-order valence-corrected chi connectivity index (χ3v) is 5.15. The van der Waals surface area contributed by atoms with Crippen LogP contribution in [0.1, 0.15) is 36.8 Å². The largest absolute Gasteiger partial charge is 0.479 e. The summed E-state index contributed by atoms with van der Waals surface area (Å²) < 4.78 is 0. The van der Waals surface area contributed by atoms with Gasteiger partial charge in [0.25, 0.3) is 5.91 Å². The molecule has 3 rings (SSSR count). The number of hydrogen-bond donors (Lipinski definition) is 2. The molecule has 0 bridgehead atoms. The fraction of sp³-hybridized carbons (Fsp3) is 0.474. The summed E-state index contributed by atoms with van der Waals surface area (Å²) in [6.45, 7) is 4.08. The van der Waals surface area contributed by atoms with E-state index < -0.39 is 11.6 Å². The van der Waals surface area contributed by atoms with Gasteiger partial charge in [0.1, 0.15) is 5.71 Å². The van der Waals surface area contributed by atoms with Crippen LogP contribution < -0.4 is 5.01 Å². The fourth-order valence-electron chi connectivity index (χ4n) is 3.32. The molecule has 2 N–H and O–H groups in total. The number of carbonyl (C=O) groups excluding carboxylic acids is 2. The highest BCUT2D eigenvalue weighted by Gasteiger charge is 2.41. The molecule has 0 aliphatic carbocycles. The van der Waals surface area contributed by atoms with Crippen molar-refractivity contribution in [1.82, 2.24) is 4.90 Å². The minimum atomic E-state index is -1.79. The first-order valence-corrected chi connectivity index (χ1v) is 8.94. The molecule has 0 unspecified atom stereocenters. The number of carboxylic acids is 1. The lowest BCUT2D eigenvalue weighted by molar-refractivity contribution is -0.164. The summed E-state index contributed by atoms with van der Waals surface area (Å²) in [5, 5.41) is 24.7. The van der Waals surface area contributed by atoms with Crippen molar-refractivity contribution in [2.24, 2.45) is 5.10 Å². The van der Waals surface area contributed by atoms with Crippen molar-refractivity contribution < 1.29 is 24.6 Å². The molecular formula is C19H23N3O5. The van der Waals surface area contributed by atoms with Crippen molar-refractivity contribution in [2.45, 2.75) is 45.1 Å². The van der Waals surface area contributed by atoms with Gasteiger partial charge in [-0.1, -0.05) is 12.1 Å². The Balaban J connectivity index is 1.80. The van der Waals surface area contributed by atoms with Gasteiger partial charge in [0.05, 0.1) is 5.69 Å². The van der Waals surface area contributed by atoms with E-state index in [0.29, 0.717) is 5.69 Å². The second-order valence-electron chi connectivity index (χ2n) is 7.17. The molecule has 1 aromatic carbocycles. The normalized spacial score (nSPS) is 19.7. The molecule has 27 heavy (non-hydrogen) atoms. The number of rotatable bonds is 3. The van der Waals surface area contributed by atoms with Crippen molar-refractivity contribution >= 4 is 29.2 Å². The van der Waals surface area contributed by atoms with Gasteiger partial charge in [-0.25, -0.2) is 9.80 Å². The highest BCUT2D eigenvalue weighted by molar-refractivity contribution is 6.40. The zero-order valence-electron chi connectivity index (χ0n) is 15.4. The van der Waals surface area contributed by atoms with Gasteiger partial charge in [0.15, 0.2) is 5.60 Å². The summed E-state index contributed by atoms with van der Waals surface area (Å²) in [5.41, 5.74) is 1.02. The van der Waals surface area contributed by atoms with Gasteiger partial charge >= 0.3 is 5.97 Å². The van der Waals surface area contributed by atoms with Crippen molar-refractivity contribution in [2.75, 3.05) is 18.1 Å². The lowest BCUT2D eigenvalue weighted by Crippen LogP contribution is -2.52. The third kappa shape index (κ3) is 3.71. The van der Waals surface area contributed by atoms with E-state index >= 15 is 0 Å². The first kappa shape index (κ1) is 19.0. The van der Waals surface area contributed by atoms with E-state index in [1.807, 2.05) is 32.0 Å². The third-order valence-electron chi connectivity index (χ3n) is 5.15. The van der Waals surface area contributed by atoms with Crippen molar-refractivity contribution in [3.8, 4) is 0 Å². The summed E-state index contributed by atoms with van der Waals surface area (Å²) in [6, 6.07) is 5.71. The first-order chi connectivity index (χ1) is 12.7. The summed E-state index contributed by atoms with van der Waals surface area (Å²) in [7, 11) is 0. The molecule has 2 heterocycles. The minimum Gasteiger partial charge on any atom is -0.479 e. The number of anilines is 1. The maximum Gasteiger partial charge on any atom is 0.335 e. The van der Waals surface area contributed by atoms with Crippen molar-refractivity contribution in [1.29, 1.82) is 0 Å². The number of likely N-dealkylation sites (tertiary alicyclic amines) is 1.